The molecular formula is C13H22N2O5. The van der Waals surface area contributed by atoms with Crippen LogP contribution in [0.4, 0.5) is 5.69 Å². The summed E-state index contributed by atoms with van der Waals surface area (Å²) in [4.78, 5) is 4.09. The number of nitrogens with zero attached hydrogens (tertiary/aromatic N) is 1. The first-order valence-electron chi connectivity index (χ1n) is 6.35. The number of pyridine rings is 1. The Balaban J connectivity index is 2.09. The molecular weight excluding hydrogens is 264 g/mol. The van der Waals surface area contributed by atoms with Gasteiger partial charge in [-0.1, -0.05) is 0 Å². The fraction of sp³-hybridized carbons (Fsp3) is 0.615. The third-order valence-electron chi connectivity index (χ3n) is 2.34. The zero-order valence-electron chi connectivity index (χ0n) is 12.0. The molecule has 2 N–H and O–H groups in total. The van der Waals surface area contributed by atoms with Gasteiger partial charge in [0.1, 0.15) is 6.61 Å². The SMILES string of the molecule is COCCOCCOCCOc1nc(OC)ccc1N. The maximum atomic E-state index is 5.74. The van der Waals surface area contributed by atoms with Crippen molar-refractivity contribution in [3.63, 3.8) is 0 Å². The van der Waals surface area contributed by atoms with Gasteiger partial charge in [0.05, 0.1) is 45.8 Å². The number of methoxy groups -OCH3 is 2. The first-order chi connectivity index (χ1) is 9.77. The van der Waals surface area contributed by atoms with Crippen LogP contribution in [0.25, 0.3) is 0 Å². The molecule has 0 saturated heterocycles. The van der Waals surface area contributed by atoms with E-state index in [1.165, 1.54) is 7.11 Å². The molecule has 1 heterocycles. The first-order valence-corrected chi connectivity index (χ1v) is 6.35. The first kappa shape index (κ1) is 16.5. The maximum absolute atomic E-state index is 5.74. The number of aromatic nitrogens is 1. The molecule has 1 aromatic rings. The molecule has 0 spiro atoms. The summed E-state index contributed by atoms with van der Waals surface area (Å²) in [6.07, 6.45) is 0. The Morgan fingerprint density at radius 1 is 0.950 bits per heavy atom. The quantitative estimate of drug-likeness (QED) is 0.600. The molecule has 0 aliphatic heterocycles. The molecule has 0 atom stereocenters. The summed E-state index contributed by atoms with van der Waals surface area (Å²) in [7, 11) is 3.17. The second kappa shape index (κ2) is 10.2. The van der Waals surface area contributed by atoms with E-state index in [-0.39, 0.29) is 0 Å². The molecule has 0 fully saturated rings. The number of ether oxygens (including phenoxy) is 5. The van der Waals surface area contributed by atoms with Crippen LogP contribution in [0.2, 0.25) is 0 Å². The number of nitrogens with two attached hydrogens (primary N) is 1. The second-order valence-electron chi connectivity index (χ2n) is 3.81. The Morgan fingerprint density at radius 2 is 1.60 bits per heavy atom. The van der Waals surface area contributed by atoms with E-state index in [4.69, 9.17) is 29.4 Å². The Bertz CT molecular complexity index is 376. The van der Waals surface area contributed by atoms with Gasteiger partial charge < -0.3 is 29.4 Å². The zero-order valence-corrected chi connectivity index (χ0v) is 12.0. The number of hydrogen-bond acceptors (Lipinski definition) is 7. The van der Waals surface area contributed by atoms with Gasteiger partial charge in [0, 0.05) is 13.2 Å². The van der Waals surface area contributed by atoms with E-state index in [1.807, 2.05) is 0 Å². The molecule has 1 rings (SSSR count). The van der Waals surface area contributed by atoms with Crippen molar-refractivity contribution in [2.75, 3.05) is 59.6 Å². The van der Waals surface area contributed by atoms with Gasteiger partial charge in [-0.2, -0.15) is 4.98 Å². The highest BCUT2D eigenvalue weighted by Gasteiger charge is 2.04. The molecule has 114 valence electrons. The average Bonchev–Trinajstić information content (AvgIpc) is 2.47. The number of nitrogen functional groups attached to an aromatic ring is 1. The minimum Gasteiger partial charge on any atom is -0.481 e. The van der Waals surface area contributed by atoms with E-state index >= 15 is 0 Å². The summed E-state index contributed by atoms with van der Waals surface area (Å²) < 4.78 is 25.9. The van der Waals surface area contributed by atoms with Gasteiger partial charge in [-0.25, -0.2) is 0 Å². The van der Waals surface area contributed by atoms with Gasteiger partial charge in [-0.15, -0.1) is 0 Å². The molecule has 0 unspecified atom stereocenters. The summed E-state index contributed by atoms with van der Waals surface area (Å²) in [6.45, 7) is 3.00. The molecule has 20 heavy (non-hydrogen) atoms. The van der Waals surface area contributed by atoms with Crippen molar-refractivity contribution in [1.82, 2.24) is 4.98 Å². The van der Waals surface area contributed by atoms with Crippen molar-refractivity contribution >= 4 is 5.69 Å². The van der Waals surface area contributed by atoms with Gasteiger partial charge in [0.25, 0.3) is 0 Å². The van der Waals surface area contributed by atoms with Crippen LogP contribution >= 0.6 is 0 Å². The van der Waals surface area contributed by atoms with Crippen molar-refractivity contribution in [3.05, 3.63) is 12.1 Å². The van der Waals surface area contributed by atoms with Gasteiger partial charge in [0.15, 0.2) is 0 Å². The molecule has 1 aromatic heterocycles. The lowest BCUT2D eigenvalue weighted by molar-refractivity contribution is 0.0177. The van der Waals surface area contributed by atoms with Crippen LogP contribution in [0.3, 0.4) is 0 Å². The van der Waals surface area contributed by atoms with E-state index in [9.17, 15) is 0 Å². The summed E-state index contributed by atoms with van der Waals surface area (Å²) in [5.41, 5.74) is 6.20. The van der Waals surface area contributed by atoms with Crippen LogP contribution < -0.4 is 15.2 Å². The normalized spacial score (nSPS) is 10.5. The molecule has 7 nitrogen and oxygen atoms in total. The minimum absolute atomic E-state index is 0.351. The molecule has 0 bridgehead atoms. The van der Waals surface area contributed by atoms with E-state index < -0.39 is 0 Å². The third kappa shape index (κ3) is 6.55. The van der Waals surface area contributed by atoms with Gasteiger partial charge in [-0.05, 0) is 6.07 Å². The summed E-state index contributed by atoms with van der Waals surface area (Å²) in [5.74, 6) is 0.811. The zero-order chi connectivity index (χ0) is 14.6. The van der Waals surface area contributed by atoms with E-state index in [1.54, 1.807) is 19.2 Å². The van der Waals surface area contributed by atoms with E-state index in [2.05, 4.69) is 4.98 Å². The Morgan fingerprint density at radius 3 is 2.25 bits per heavy atom. The molecule has 0 aliphatic rings. The lowest BCUT2D eigenvalue weighted by atomic mass is 10.4. The smallest absolute Gasteiger partial charge is 0.240 e. The van der Waals surface area contributed by atoms with Gasteiger partial charge in [0.2, 0.25) is 11.8 Å². The van der Waals surface area contributed by atoms with Crippen molar-refractivity contribution in [1.29, 1.82) is 0 Å². The van der Waals surface area contributed by atoms with Gasteiger partial charge in [-0.3, -0.25) is 0 Å². The van der Waals surface area contributed by atoms with Crippen molar-refractivity contribution in [3.8, 4) is 11.8 Å². The van der Waals surface area contributed by atoms with Crippen molar-refractivity contribution in [2.24, 2.45) is 0 Å². The Labute approximate surface area is 118 Å². The molecule has 0 aliphatic carbocycles. The highest BCUT2D eigenvalue weighted by molar-refractivity contribution is 5.49. The Kier molecular flexibility index (Phi) is 8.44. The predicted molar refractivity (Wildman–Crippen MR) is 74.2 cm³/mol. The highest BCUT2D eigenvalue weighted by Crippen LogP contribution is 2.21. The average molecular weight is 286 g/mol. The lowest BCUT2D eigenvalue weighted by Gasteiger charge is -2.09. The maximum Gasteiger partial charge on any atom is 0.240 e. The minimum atomic E-state index is 0.351. The summed E-state index contributed by atoms with van der Waals surface area (Å²) in [5, 5.41) is 0. The molecule has 0 amide bonds. The van der Waals surface area contributed by atoms with Crippen molar-refractivity contribution in [2.45, 2.75) is 0 Å². The van der Waals surface area contributed by atoms with Crippen LogP contribution in [0, 0.1) is 0 Å². The molecule has 0 radical (unpaired) electrons. The molecule has 0 saturated carbocycles. The lowest BCUT2D eigenvalue weighted by Crippen LogP contribution is -2.13. The monoisotopic (exact) mass is 286 g/mol. The second-order valence-corrected chi connectivity index (χ2v) is 3.81. The van der Waals surface area contributed by atoms with E-state index in [0.717, 1.165) is 0 Å². The highest BCUT2D eigenvalue weighted by atomic mass is 16.6. The van der Waals surface area contributed by atoms with Crippen LogP contribution in [0.5, 0.6) is 11.8 Å². The summed E-state index contributed by atoms with van der Waals surface area (Å²) in [6, 6.07) is 3.36. The summed E-state index contributed by atoms with van der Waals surface area (Å²) >= 11 is 0. The fourth-order valence-electron chi connectivity index (χ4n) is 1.33. The van der Waals surface area contributed by atoms with E-state index in [0.29, 0.717) is 57.1 Å². The number of rotatable bonds is 11. The third-order valence-corrected chi connectivity index (χ3v) is 2.34. The standard InChI is InChI=1S/C13H22N2O5/c1-16-5-6-18-7-8-19-9-10-20-13-11(14)3-4-12(15-13)17-2/h3-4H,5-10,14H2,1-2H3. The van der Waals surface area contributed by atoms with Crippen LogP contribution in [-0.2, 0) is 14.2 Å². The van der Waals surface area contributed by atoms with Crippen LogP contribution in [0.15, 0.2) is 12.1 Å². The Hall–Kier alpha value is -1.57. The van der Waals surface area contributed by atoms with Crippen molar-refractivity contribution < 1.29 is 23.7 Å². The molecule has 0 aromatic carbocycles. The largest absolute Gasteiger partial charge is 0.481 e. The molecule has 7 heteroatoms. The van der Waals surface area contributed by atoms with Gasteiger partial charge >= 0.3 is 0 Å². The van der Waals surface area contributed by atoms with Crippen LogP contribution in [0.1, 0.15) is 0 Å². The van der Waals surface area contributed by atoms with Crippen LogP contribution in [-0.4, -0.2) is 58.8 Å². The topological polar surface area (TPSA) is 85.1 Å². The number of anilines is 1. The number of hydrogen-bond donors (Lipinski definition) is 1. The fourth-order valence-corrected chi connectivity index (χ4v) is 1.33. The predicted octanol–water partition coefficient (Wildman–Crippen LogP) is 0.731.